The summed E-state index contributed by atoms with van der Waals surface area (Å²) in [5, 5.41) is 2.94. The van der Waals surface area contributed by atoms with Gasteiger partial charge in [-0.2, -0.15) is 0 Å². The largest absolute Gasteiger partial charge is 0.497 e. The molecule has 1 amide bonds. The molecule has 1 unspecified atom stereocenters. The second-order valence-electron chi connectivity index (χ2n) is 10.1. The Hall–Kier alpha value is -2.88. The quantitative estimate of drug-likeness (QED) is 0.534. The summed E-state index contributed by atoms with van der Waals surface area (Å²) in [5.74, 6) is 0.357. The molecular weight excluding hydrogens is 488 g/mol. The lowest BCUT2D eigenvalue weighted by Crippen LogP contribution is -2.44. The van der Waals surface area contributed by atoms with Crippen molar-refractivity contribution in [3.8, 4) is 5.75 Å². The Morgan fingerprint density at radius 3 is 2.54 bits per heavy atom. The predicted molar refractivity (Wildman–Crippen MR) is 146 cm³/mol. The number of nitrogens with zero attached hydrogens (tertiary/aromatic N) is 3. The summed E-state index contributed by atoms with van der Waals surface area (Å²) >= 11 is 0. The summed E-state index contributed by atoms with van der Waals surface area (Å²) in [6, 6.07) is 10.0. The Labute approximate surface area is 220 Å². The highest BCUT2D eigenvalue weighted by atomic mass is 32.2. The van der Waals surface area contributed by atoms with E-state index in [0.29, 0.717) is 22.9 Å². The van der Waals surface area contributed by atoms with E-state index in [1.807, 2.05) is 12.1 Å². The van der Waals surface area contributed by atoms with Crippen LogP contribution in [-0.2, 0) is 27.9 Å². The summed E-state index contributed by atoms with van der Waals surface area (Å²) in [6.07, 6.45) is 3.72. The number of anilines is 1. The summed E-state index contributed by atoms with van der Waals surface area (Å²) < 4.78 is 33.1. The first-order valence-electron chi connectivity index (χ1n) is 12.8. The molecular formula is C28H38N4O4S. The van der Waals surface area contributed by atoms with Gasteiger partial charge < -0.3 is 15.0 Å². The van der Waals surface area contributed by atoms with Gasteiger partial charge in [0.25, 0.3) is 10.0 Å². The van der Waals surface area contributed by atoms with E-state index in [1.165, 1.54) is 30.2 Å². The van der Waals surface area contributed by atoms with E-state index in [0.717, 1.165) is 36.2 Å². The molecule has 1 N–H and O–H groups in total. The number of hydrogen-bond acceptors (Lipinski definition) is 6. The third-order valence-corrected chi connectivity index (χ3v) is 9.46. The number of likely N-dealkylation sites (N-methyl/N-ethyl adjacent to an activating group) is 1. The number of nitrogens with one attached hydrogen (secondary N) is 1. The fourth-order valence-corrected chi connectivity index (χ4v) is 7.19. The SMILES string of the molecule is C=CN(CCC(=O)Nc1ccc2c(c1)CN(C1CCCN(C)C1)C2)S(=O)(=O)c1c(C)cc(OC)cc1C. The predicted octanol–water partition coefficient (Wildman–Crippen LogP) is 3.88. The summed E-state index contributed by atoms with van der Waals surface area (Å²) in [7, 11) is -0.137. The maximum absolute atomic E-state index is 13.4. The smallest absolute Gasteiger partial charge is 0.264 e. The van der Waals surface area contributed by atoms with Crippen LogP contribution < -0.4 is 10.1 Å². The summed E-state index contributed by atoms with van der Waals surface area (Å²) in [4.78, 5) is 17.9. The number of hydrogen-bond donors (Lipinski definition) is 1. The zero-order valence-corrected chi connectivity index (χ0v) is 23.1. The van der Waals surface area contributed by atoms with Gasteiger partial charge in [-0.25, -0.2) is 8.42 Å². The van der Waals surface area contributed by atoms with Gasteiger partial charge in [0.05, 0.1) is 12.0 Å². The van der Waals surface area contributed by atoms with Gasteiger partial charge in [0, 0.05) is 50.5 Å². The molecule has 0 aliphatic carbocycles. The normalized spacial score (nSPS) is 18.3. The lowest BCUT2D eigenvalue weighted by atomic mass is 10.1. The molecule has 0 radical (unpaired) electrons. The van der Waals surface area contributed by atoms with E-state index in [4.69, 9.17) is 4.74 Å². The minimum atomic E-state index is -3.86. The number of rotatable bonds is 9. The van der Waals surface area contributed by atoms with E-state index in [-0.39, 0.29) is 23.8 Å². The van der Waals surface area contributed by atoms with Gasteiger partial charge in [-0.3, -0.25) is 14.0 Å². The average Bonchev–Trinajstić information content (AvgIpc) is 3.27. The van der Waals surface area contributed by atoms with Crippen molar-refractivity contribution in [1.82, 2.24) is 14.1 Å². The number of methoxy groups -OCH3 is 1. The first kappa shape index (κ1) is 27.2. The van der Waals surface area contributed by atoms with Crippen LogP contribution >= 0.6 is 0 Å². The number of likely N-dealkylation sites (tertiary alicyclic amines) is 1. The van der Waals surface area contributed by atoms with Gasteiger partial charge in [-0.05, 0) is 86.8 Å². The minimum Gasteiger partial charge on any atom is -0.497 e. The molecule has 1 fully saturated rings. The van der Waals surface area contributed by atoms with Crippen molar-refractivity contribution in [3.05, 3.63) is 65.4 Å². The standard InChI is InChI=1S/C28H38N4O4S/c1-6-32(37(34,35)28-20(2)14-26(36-5)15-21(28)3)13-11-27(33)29-24-10-9-22-17-31(18-23(22)16-24)25-8-7-12-30(4)19-25/h6,9-10,14-16,25H,1,7-8,11-13,17-19H2,2-5H3,(H,29,33). The molecule has 0 bridgehead atoms. The van der Waals surface area contributed by atoms with Gasteiger partial charge in [0.15, 0.2) is 0 Å². The Kier molecular flexibility index (Phi) is 8.26. The minimum absolute atomic E-state index is 0.00348. The highest BCUT2D eigenvalue weighted by Gasteiger charge is 2.29. The van der Waals surface area contributed by atoms with Crippen molar-refractivity contribution < 1.29 is 17.9 Å². The first-order valence-corrected chi connectivity index (χ1v) is 14.2. The molecule has 9 heteroatoms. The van der Waals surface area contributed by atoms with Gasteiger partial charge in [0.2, 0.25) is 5.91 Å². The maximum Gasteiger partial charge on any atom is 0.264 e. The third-order valence-electron chi connectivity index (χ3n) is 7.35. The van der Waals surface area contributed by atoms with Crippen LogP contribution in [0.3, 0.4) is 0 Å². The number of carbonyl (C=O) groups excluding carboxylic acids is 1. The third kappa shape index (κ3) is 6.00. The fraction of sp³-hybridized carbons (Fsp3) is 0.464. The van der Waals surface area contributed by atoms with Crippen LogP contribution in [0.15, 0.2) is 48.0 Å². The number of aryl methyl sites for hydroxylation is 2. The number of amides is 1. The van der Waals surface area contributed by atoms with E-state index >= 15 is 0 Å². The van der Waals surface area contributed by atoms with E-state index in [2.05, 4.69) is 34.8 Å². The highest BCUT2D eigenvalue weighted by molar-refractivity contribution is 7.89. The van der Waals surface area contributed by atoms with Crippen LogP contribution in [0, 0.1) is 13.8 Å². The average molecular weight is 527 g/mol. The Balaban J connectivity index is 1.37. The summed E-state index contributed by atoms with van der Waals surface area (Å²) in [5.41, 5.74) is 4.45. The van der Waals surface area contributed by atoms with E-state index in [1.54, 1.807) is 33.1 Å². The molecule has 2 aliphatic rings. The van der Waals surface area contributed by atoms with Crippen LogP contribution in [0.4, 0.5) is 5.69 Å². The van der Waals surface area contributed by atoms with Crippen molar-refractivity contribution in [2.75, 3.05) is 39.1 Å². The van der Waals surface area contributed by atoms with E-state index < -0.39 is 10.0 Å². The summed E-state index contributed by atoms with van der Waals surface area (Å²) in [6.45, 7) is 11.2. The lowest BCUT2D eigenvalue weighted by molar-refractivity contribution is -0.116. The molecule has 0 saturated carbocycles. The number of benzene rings is 2. The molecule has 37 heavy (non-hydrogen) atoms. The van der Waals surface area contributed by atoms with Gasteiger partial charge in [-0.1, -0.05) is 12.6 Å². The van der Waals surface area contributed by atoms with Gasteiger partial charge in [0.1, 0.15) is 5.75 Å². The maximum atomic E-state index is 13.4. The topological polar surface area (TPSA) is 82.2 Å². The molecule has 0 aromatic heterocycles. The monoisotopic (exact) mass is 526 g/mol. The molecule has 2 aliphatic heterocycles. The first-order chi connectivity index (χ1) is 17.6. The number of fused-ring (bicyclic) bond motifs is 1. The van der Waals surface area contributed by atoms with Crippen molar-refractivity contribution in [3.63, 3.8) is 0 Å². The van der Waals surface area contributed by atoms with Crippen molar-refractivity contribution in [1.29, 1.82) is 0 Å². The van der Waals surface area contributed by atoms with Crippen LogP contribution in [0.5, 0.6) is 5.75 Å². The highest BCUT2D eigenvalue weighted by Crippen LogP contribution is 2.31. The molecule has 2 heterocycles. The van der Waals surface area contributed by atoms with Crippen LogP contribution in [0.25, 0.3) is 0 Å². The number of carbonyl (C=O) groups is 1. The van der Waals surface area contributed by atoms with Gasteiger partial charge in [-0.15, -0.1) is 0 Å². The Morgan fingerprint density at radius 1 is 1.19 bits per heavy atom. The van der Waals surface area contributed by atoms with E-state index in [9.17, 15) is 13.2 Å². The molecule has 1 saturated heterocycles. The molecule has 2 aromatic carbocycles. The zero-order chi connectivity index (χ0) is 26.7. The molecule has 200 valence electrons. The molecule has 8 nitrogen and oxygen atoms in total. The number of ether oxygens (including phenoxy) is 1. The zero-order valence-electron chi connectivity index (χ0n) is 22.3. The lowest BCUT2D eigenvalue weighted by Gasteiger charge is -2.35. The Morgan fingerprint density at radius 2 is 1.89 bits per heavy atom. The fourth-order valence-electron chi connectivity index (χ4n) is 5.49. The molecule has 0 spiro atoms. The molecule has 2 aromatic rings. The number of piperidine rings is 1. The second kappa shape index (κ2) is 11.2. The van der Waals surface area contributed by atoms with Crippen molar-refractivity contribution in [2.45, 2.75) is 57.1 Å². The van der Waals surface area contributed by atoms with Crippen LogP contribution in [0.2, 0.25) is 0 Å². The second-order valence-corrected chi connectivity index (χ2v) is 12.0. The van der Waals surface area contributed by atoms with Crippen molar-refractivity contribution in [2.24, 2.45) is 0 Å². The van der Waals surface area contributed by atoms with Crippen LogP contribution in [-0.4, -0.2) is 68.3 Å². The molecule has 1 atom stereocenters. The number of sulfonamides is 1. The molecule has 4 rings (SSSR count). The Bertz CT molecular complexity index is 1250. The van der Waals surface area contributed by atoms with Crippen molar-refractivity contribution >= 4 is 21.6 Å². The van der Waals surface area contributed by atoms with Crippen LogP contribution in [0.1, 0.15) is 41.5 Å². The van der Waals surface area contributed by atoms with Gasteiger partial charge >= 0.3 is 0 Å².